The van der Waals surface area contributed by atoms with Gasteiger partial charge >= 0.3 is 0 Å². The number of nitrogens with zero attached hydrogens (tertiary/aromatic N) is 5. The zero-order valence-corrected chi connectivity index (χ0v) is 20.3. The van der Waals surface area contributed by atoms with E-state index in [9.17, 15) is 14.3 Å². The fourth-order valence-corrected chi connectivity index (χ4v) is 4.77. The van der Waals surface area contributed by atoms with Crippen LogP contribution in [0.25, 0.3) is 33.5 Å². The first-order chi connectivity index (χ1) is 17.9. The van der Waals surface area contributed by atoms with Crippen LogP contribution in [0.3, 0.4) is 0 Å². The third kappa shape index (κ3) is 4.00. The number of aromatic amines is 2. The topological polar surface area (TPSA) is 124 Å². The molecule has 1 amide bonds. The maximum atomic E-state index is 14.1. The van der Waals surface area contributed by atoms with Crippen molar-refractivity contribution in [3.05, 3.63) is 76.9 Å². The summed E-state index contributed by atoms with van der Waals surface area (Å²) >= 11 is 0. The number of halogens is 1. The number of nitrogens with one attached hydrogen (secondary N) is 2. The van der Waals surface area contributed by atoms with E-state index in [1.165, 1.54) is 18.3 Å². The number of aromatic hydroxyl groups is 1. The van der Waals surface area contributed by atoms with Crippen LogP contribution >= 0.6 is 0 Å². The van der Waals surface area contributed by atoms with Crippen LogP contribution < -0.4 is 0 Å². The Hall–Kier alpha value is -4.60. The number of H-pyrrole nitrogens is 2. The Morgan fingerprint density at radius 2 is 2.05 bits per heavy atom. The summed E-state index contributed by atoms with van der Waals surface area (Å²) in [5.74, 6) is -0.545. The van der Waals surface area contributed by atoms with Crippen LogP contribution in [0, 0.1) is 12.7 Å². The van der Waals surface area contributed by atoms with Gasteiger partial charge in [0, 0.05) is 30.2 Å². The van der Waals surface area contributed by atoms with Gasteiger partial charge in [-0.15, -0.1) is 0 Å². The first kappa shape index (κ1) is 22.8. The molecule has 5 aromatic rings. The fourth-order valence-electron chi connectivity index (χ4n) is 4.77. The molecule has 1 aliphatic heterocycles. The molecule has 0 atom stereocenters. The van der Waals surface area contributed by atoms with Gasteiger partial charge in [-0.25, -0.2) is 14.4 Å². The smallest absolute Gasteiger partial charge is 0.274 e. The lowest BCUT2D eigenvalue weighted by Crippen LogP contribution is -2.36. The van der Waals surface area contributed by atoms with Crippen molar-refractivity contribution in [1.82, 2.24) is 35.0 Å². The summed E-state index contributed by atoms with van der Waals surface area (Å²) in [5, 5.41) is 18.2. The third-order valence-electron chi connectivity index (χ3n) is 6.78. The lowest BCUT2D eigenvalue weighted by Gasteiger charge is -2.25. The summed E-state index contributed by atoms with van der Waals surface area (Å²) in [7, 11) is 0. The van der Waals surface area contributed by atoms with Gasteiger partial charge in [0.2, 0.25) is 0 Å². The first-order valence-corrected chi connectivity index (χ1v) is 12.1. The number of rotatable bonds is 4. The largest absolute Gasteiger partial charge is 0.505 e. The Morgan fingerprint density at radius 1 is 1.19 bits per heavy atom. The van der Waals surface area contributed by atoms with Crippen LogP contribution in [0.15, 0.2) is 42.7 Å². The highest BCUT2D eigenvalue weighted by molar-refractivity contribution is 5.94. The van der Waals surface area contributed by atoms with Gasteiger partial charge in [0.05, 0.1) is 29.6 Å². The van der Waals surface area contributed by atoms with E-state index in [-0.39, 0.29) is 11.7 Å². The molecule has 3 aromatic heterocycles. The highest BCUT2D eigenvalue weighted by Crippen LogP contribution is 2.34. The van der Waals surface area contributed by atoms with E-state index in [4.69, 9.17) is 4.98 Å². The van der Waals surface area contributed by atoms with E-state index in [0.29, 0.717) is 43.1 Å². The second-order valence-corrected chi connectivity index (χ2v) is 9.18. The molecule has 0 spiro atoms. The Bertz CT molecular complexity index is 1660. The minimum Gasteiger partial charge on any atom is -0.505 e. The molecule has 2 aromatic carbocycles. The molecule has 0 saturated carbocycles. The summed E-state index contributed by atoms with van der Waals surface area (Å²) in [5.41, 5.74) is 6.72. The number of hydrogen-bond donors (Lipinski definition) is 3. The highest BCUT2D eigenvalue weighted by Gasteiger charge is 2.26. The van der Waals surface area contributed by atoms with Gasteiger partial charge in [0.1, 0.15) is 11.4 Å². The number of amides is 1. The van der Waals surface area contributed by atoms with Gasteiger partial charge in [0.15, 0.2) is 17.4 Å². The van der Waals surface area contributed by atoms with Crippen molar-refractivity contribution in [2.24, 2.45) is 0 Å². The van der Waals surface area contributed by atoms with Gasteiger partial charge in [0.25, 0.3) is 5.91 Å². The van der Waals surface area contributed by atoms with Gasteiger partial charge < -0.3 is 15.0 Å². The number of phenolic OH excluding ortho intramolecular Hbond substituents is 1. The number of fused-ring (bicyclic) bond motifs is 2. The summed E-state index contributed by atoms with van der Waals surface area (Å²) in [4.78, 5) is 31.2. The average molecular weight is 498 g/mol. The van der Waals surface area contributed by atoms with E-state index in [2.05, 4.69) is 25.1 Å². The number of carbonyl (C=O) groups excluding carboxylic acids is 1. The van der Waals surface area contributed by atoms with Crippen LogP contribution in [-0.4, -0.2) is 52.6 Å². The second-order valence-electron chi connectivity index (χ2n) is 9.18. The zero-order chi connectivity index (χ0) is 25.7. The van der Waals surface area contributed by atoms with Crippen molar-refractivity contribution in [3.8, 4) is 28.4 Å². The zero-order valence-electron chi connectivity index (χ0n) is 20.3. The Morgan fingerprint density at radius 3 is 2.84 bits per heavy atom. The minimum atomic E-state index is -0.652. The monoisotopic (exact) mass is 497 g/mol. The fraction of sp³-hybridized carbons (Fsp3) is 0.222. The number of imidazole rings is 1. The molecular formula is C27H24FN7O2. The van der Waals surface area contributed by atoms with E-state index >= 15 is 0 Å². The van der Waals surface area contributed by atoms with Crippen molar-refractivity contribution < 1.29 is 14.3 Å². The molecule has 37 heavy (non-hydrogen) atoms. The number of aromatic nitrogens is 6. The molecule has 186 valence electrons. The minimum absolute atomic E-state index is 0.169. The number of phenols is 1. The molecule has 0 unspecified atom stereocenters. The molecule has 9 nitrogen and oxygen atoms in total. The summed E-state index contributed by atoms with van der Waals surface area (Å²) in [6.45, 7) is 4.72. The SMILES string of the molecule is CCc1cc(O)c(F)cc1-c1ccc2c(-c3nc4c([nH]3)CCN(C(=O)c3cnc(C)cn3)C4)n[nH]c2c1. The van der Waals surface area contributed by atoms with Gasteiger partial charge in [-0.3, -0.25) is 14.9 Å². The quantitative estimate of drug-likeness (QED) is 0.340. The number of hydrogen-bond acceptors (Lipinski definition) is 6. The lowest BCUT2D eigenvalue weighted by atomic mass is 9.96. The van der Waals surface area contributed by atoms with E-state index < -0.39 is 5.82 Å². The third-order valence-corrected chi connectivity index (χ3v) is 6.78. The molecule has 0 bridgehead atoms. The maximum Gasteiger partial charge on any atom is 0.274 e. The highest BCUT2D eigenvalue weighted by atomic mass is 19.1. The summed E-state index contributed by atoms with van der Waals surface area (Å²) < 4.78 is 14.1. The molecule has 0 radical (unpaired) electrons. The van der Waals surface area contributed by atoms with Crippen molar-refractivity contribution >= 4 is 16.8 Å². The van der Waals surface area contributed by atoms with E-state index in [1.807, 2.05) is 32.0 Å². The van der Waals surface area contributed by atoms with Crippen molar-refractivity contribution in [2.45, 2.75) is 33.2 Å². The lowest BCUT2D eigenvalue weighted by molar-refractivity contribution is 0.0725. The molecule has 0 fully saturated rings. The van der Waals surface area contributed by atoms with Crippen LogP contribution in [-0.2, 0) is 19.4 Å². The van der Waals surface area contributed by atoms with E-state index in [1.54, 1.807) is 11.1 Å². The number of carbonyl (C=O) groups is 1. The number of aryl methyl sites for hydroxylation is 2. The molecule has 6 rings (SSSR count). The van der Waals surface area contributed by atoms with Gasteiger partial charge in [-0.05, 0) is 54.3 Å². The normalized spacial score (nSPS) is 13.2. The van der Waals surface area contributed by atoms with Crippen molar-refractivity contribution in [2.75, 3.05) is 6.54 Å². The first-order valence-electron chi connectivity index (χ1n) is 12.1. The van der Waals surface area contributed by atoms with Crippen LogP contribution in [0.1, 0.15) is 40.1 Å². The summed E-state index contributed by atoms with van der Waals surface area (Å²) in [6, 6.07) is 8.60. The van der Waals surface area contributed by atoms with E-state index in [0.717, 1.165) is 44.7 Å². The maximum absolute atomic E-state index is 14.1. The molecular weight excluding hydrogens is 473 g/mol. The Labute approximate surface area is 211 Å². The van der Waals surface area contributed by atoms with Crippen LogP contribution in [0.4, 0.5) is 4.39 Å². The standard InChI is InChI=1S/C27H24FN7O2/c1-3-15-9-24(36)19(28)10-18(15)16-4-5-17-21(8-16)33-34-25(17)26-31-20-6-7-35(13-23(20)32-26)27(37)22-12-29-14(2)11-30-22/h4-5,8-12,36H,3,6-7,13H2,1-2H3,(H,31,32)(H,33,34). The molecule has 0 aliphatic carbocycles. The van der Waals surface area contributed by atoms with Crippen LogP contribution in [0.5, 0.6) is 5.75 Å². The molecule has 0 saturated heterocycles. The molecule has 10 heteroatoms. The average Bonchev–Trinajstić information content (AvgIpc) is 3.53. The second kappa shape index (κ2) is 8.81. The predicted octanol–water partition coefficient (Wildman–Crippen LogP) is 4.32. The Balaban J connectivity index is 1.29. The van der Waals surface area contributed by atoms with Gasteiger partial charge in [-0.2, -0.15) is 5.10 Å². The Kier molecular flexibility index (Phi) is 5.44. The van der Waals surface area contributed by atoms with Crippen molar-refractivity contribution in [3.63, 3.8) is 0 Å². The number of benzene rings is 2. The summed E-state index contributed by atoms with van der Waals surface area (Å²) in [6.07, 6.45) is 4.39. The molecule has 1 aliphatic rings. The van der Waals surface area contributed by atoms with Crippen LogP contribution in [0.2, 0.25) is 0 Å². The molecule has 3 N–H and O–H groups in total. The predicted molar refractivity (Wildman–Crippen MR) is 135 cm³/mol. The molecule has 4 heterocycles. The van der Waals surface area contributed by atoms with Gasteiger partial charge in [-0.1, -0.05) is 13.0 Å². The van der Waals surface area contributed by atoms with Crippen molar-refractivity contribution in [1.29, 1.82) is 0 Å².